The summed E-state index contributed by atoms with van der Waals surface area (Å²) in [5.74, 6) is -2.08. The molecule has 0 spiro atoms. The minimum Gasteiger partial charge on any atom is -0.478 e. The normalized spacial score (nSPS) is 12.2. The molecule has 1 unspecified atom stereocenters. The largest absolute Gasteiger partial charge is 0.478 e. The molecule has 17 heavy (non-hydrogen) atoms. The molecule has 1 aromatic rings. The zero-order valence-corrected chi connectivity index (χ0v) is 9.40. The highest BCUT2D eigenvalue weighted by Crippen LogP contribution is 2.25. The SMILES string of the molecule is CCC(CO)Nc1ccc(F)c(N)c1C(=O)O. The van der Waals surface area contributed by atoms with E-state index in [0.717, 1.165) is 6.07 Å². The van der Waals surface area contributed by atoms with Crippen LogP contribution in [0.4, 0.5) is 15.8 Å². The van der Waals surface area contributed by atoms with Crippen molar-refractivity contribution in [1.82, 2.24) is 0 Å². The number of rotatable bonds is 5. The van der Waals surface area contributed by atoms with Gasteiger partial charge in [-0.25, -0.2) is 9.18 Å². The quantitative estimate of drug-likeness (QED) is 0.583. The average molecular weight is 242 g/mol. The number of hydrogen-bond acceptors (Lipinski definition) is 4. The summed E-state index contributed by atoms with van der Waals surface area (Å²) in [6.45, 7) is 1.69. The van der Waals surface area contributed by atoms with Crippen molar-refractivity contribution in [3.8, 4) is 0 Å². The Morgan fingerprint density at radius 3 is 2.71 bits per heavy atom. The molecule has 6 heteroatoms. The zero-order valence-electron chi connectivity index (χ0n) is 9.40. The summed E-state index contributed by atoms with van der Waals surface area (Å²) < 4.78 is 13.2. The molecule has 1 aromatic carbocycles. The molecule has 0 saturated heterocycles. The van der Waals surface area contributed by atoms with Gasteiger partial charge in [0.2, 0.25) is 0 Å². The molecule has 0 bridgehead atoms. The van der Waals surface area contributed by atoms with Crippen LogP contribution in [0.25, 0.3) is 0 Å². The molecular formula is C11H15FN2O3. The third-order valence-corrected chi connectivity index (χ3v) is 2.48. The number of aromatic carboxylic acids is 1. The highest BCUT2D eigenvalue weighted by molar-refractivity contribution is 6.00. The van der Waals surface area contributed by atoms with Gasteiger partial charge in [0.15, 0.2) is 0 Å². The lowest BCUT2D eigenvalue weighted by Gasteiger charge is -2.18. The number of nitrogens with two attached hydrogens (primary N) is 1. The van der Waals surface area contributed by atoms with Crippen LogP contribution in [0.1, 0.15) is 23.7 Å². The summed E-state index contributed by atoms with van der Waals surface area (Å²) >= 11 is 0. The molecule has 0 aliphatic rings. The van der Waals surface area contributed by atoms with Gasteiger partial charge in [0.1, 0.15) is 11.4 Å². The Balaban J connectivity index is 3.15. The first kappa shape index (κ1) is 13.2. The summed E-state index contributed by atoms with van der Waals surface area (Å²) in [7, 11) is 0. The van der Waals surface area contributed by atoms with E-state index >= 15 is 0 Å². The molecule has 1 atom stereocenters. The monoisotopic (exact) mass is 242 g/mol. The summed E-state index contributed by atoms with van der Waals surface area (Å²) in [5.41, 5.74) is 4.87. The molecular weight excluding hydrogens is 227 g/mol. The van der Waals surface area contributed by atoms with Gasteiger partial charge in [0.05, 0.1) is 18.0 Å². The maximum Gasteiger partial charge on any atom is 0.340 e. The van der Waals surface area contributed by atoms with E-state index in [0.29, 0.717) is 6.42 Å². The molecule has 0 aromatic heterocycles. The Labute approximate surface area is 98.1 Å². The fourth-order valence-corrected chi connectivity index (χ4v) is 1.44. The number of nitrogen functional groups attached to an aromatic ring is 1. The van der Waals surface area contributed by atoms with Crippen LogP contribution in [0.15, 0.2) is 12.1 Å². The van der Waals surface area contributed by atoms with Crippen molar-refractivity contribution in [3.63, 3.8) is 0 Å². The van der Waals surface area contributed by atoms with Crippen LogP contribution in [-0.4, -0.2) is 28.8 Å². The van der Waals surface area contributed by atoms with Gasteiger partial charge in [-0.15, -0.1) is 0 Å². The molecule has 1 rings (SSSR count). The number of benzene rings is 1. The van der Waals surface area contributed by atoms with Gasteiger partial charge in [-0.05, 0) is 18.6 Å². The van der Waals surface area contributed by atoms with Crippen LogP contribution in [0, 0.1) is 5.82 Å². The van der Waals surface area contributed by atoms with Crippen molar-refractivity contribution < 1.29 is 19.4 Å². The second-order valence-electron chi connectivity index (χ2n) is 3.62. The number of halogens is 1. The molecule has 5 N–H and O–H groups in total. The van der Waals surface area contributed by atoms with Crippen LogP contribution < -0.4 is 11.1 Å². The van der Waals surface area contributed by atoms with E-state index in [-0.39, 0.29) is 23.9 Å². The van der Waals surface area contributed by atoms with Crippen LogP contribution in [-0.2, 0) is 0 Å². The predicted molar refractivity (Wildman–Crippen MR) is 62.6 cm³/mol. The van der Waals surface area contributed by atoms with Gasteiger partial charge in [-0.2, -0.15) is 0 Å². The Hall–Kier alpha value is -1.82. The van der Waals surface area contributed by atoms with Crippen molar-refractivity contribution >= 4 is 17.3 Å². The summed E-state index contributed by atoms with van der Waals surface area (Å²) in [4.78, 5) is 11.0. The number of nitrogens with one attached hydrogen (secondary N) is 1. The van der Waals surface area contributed by atoms with E-state index < -0.39 is 17.5 Å². The average Bonchev–Trinajstić information content (AvgIpc) is 2.30. The Bertz CT molecular complexity index is 419. The van der Waals surface area contributed by atoms with Crippen LogP contribution in [0.3, 0.4) is 0 Å². The van der Waals surface area contributed by atoms with Crippen molar-refractivity contribution in [2.75, 3.05) is 17.7 Å². The van der Waals surface area contributed by atoms with Gasteiger partial charge in [-0.3, -0.25) is 0 Å². The molecule has 0 heterocycles. The Kier molecular flexibility index (Phi) is 4.28. The second kappa shape index (κ2) is 5.49. The number of carboxylic acids is 1. The third-order valence-electron chi connectivity index (χ3n) is 2.48. The minimum atomic E-state index is -1.31. The zero-order chi connectivity index (χ0) is 13.0. The van der Waals surface area contributed by atoms with Crippen LogP contribution in [0.5, 0.6) is 0 Å². The summed E-state index contributed by atoms with van der Waals surface area (Å²) in [5, 5.41) is 20.8. The smallest absolute Gasteiger partial charge is 0.340 e. The Morgan fingerprint density at radius 1 is 1.59 bits per heavy atom. The van der Waals surface area contributed by atoms with Gasteiger partial charge < -0.3 is 21.3 Å². The number of hydrogen-bond donors (Lipinski definition) is 4. The number of anilines is 2. The van der Waals surface area contributed by atoms with Gasteiger partial charge >= 0.3 is 5.97 Å². The van der Waals surface area contributed by atoms with Gasteiger partial charge in [0, 0.05) is 6.04 Å². The van der Waals surface area contributed by atoms with E-state index in [9.17, 15) is 9.18 Å². The molecule has 0 aliphatic carbocycles. The lowest BCUT2D eigenvalue weighted by Crippen LogP contribution is -2.24. The molecule has 0 fully saturated rings. The molecule has 0 amide bonds. The fraction of sp³-hybridized carbons (Fsp3) is 0.364. The molecule has 0 radical (unpaired) electrons. The molecule has 94 valence electrons. The van der Waals surface area contributed by atoms with E-state index in [2.05, 4.69) is 5.32 Å². The van der Waals surface area contributed by atoms with Gasteiger partial charge in [0.25, 0.3) is 0 Å². The summed E-state index contributed by atoms with van der Waals surface area (Å²) in [6, 6.07) is 2.10. The van der Waals surface area contributed by atoms with Gasteiger partial charge in [-0.1, -0.05) is 6.92 Å². The van der Waals surface area contributed by atoms with E-state index in [1.165, 1.54) is 6.07 Å². The lowest BCUT2D eigenvalue weighted by atomic mass is 10.1. The first-order valence-electron chi connectivity index (χ1n) is 5.19. The third kappa shape index (κ3) is 2.85. The van der Waals surface area contributed by atoms with Crippen molar-refractivity contribution in [1.29, 1.82) is 0 Å². The number of aliphatic hydroxyl groups excluding tert-OH is 1. The highest BCUT2D eigenvalue weighted by Gasteiger charge is 2.18. The second-order valence-corrected chi connectivity index (χ2v) is 3.62. The minimum absolute atomic E-state index is 0.146. The fourth-order valence-electron chi connectivity index (χ4n) is 1.44. The first-order valence-corrected chi connectivity index (χ1v) is 5.19. The number of carboxylic acid groups (broad SMARTS) is 1. The van der Waals surface area contributed by atoms with Crippen LogP contribution in [0.2, 0.25) is 0 Å². The summed E-state index contributed by atoms with van der Waals surface area (Å²) in [6.07, 6.45) is 0.604. The molecule has 5 nitrogen and oxygen atoms in total. The first-order chi connectivity index (χ1) is 8.01. The molecule has 0 aliphatic heterocycles. The molecule has 0 saturated carbocycles. The maximum atomic E-state index is 13.2. The Morgan fingerprint density at radius 2 is 2.24 bits per heavy atom. The van der Waals surface area contributed by atoms with Crippen molar-refractivity contribution in [2.24, 2.45) is 0 Å². The van der Waals surface area contributed by atoms with E-state index in [4.69, 9.17) is 15.9 Å². The maximum absolute atomic E-state index is 13.2. The topological polar surface area (TPSA) is 95.6 Å². The number of carbonyl (C=O) groups is 1. The lowest BCUT2D eigenvalue weighted by molar-refractivity contribution is 0.0698. The van der Waals surface area contributed by atoms with Crippen LogP contribution >= 0.6 is 0 Å². The highest BCUT2D eigenvalue weighted by atomic mass is 19.1. The van der Waals surface area contributed by atoms with Crippen molar-refractivity contribution in [3.05, 3.63) is 23.5 Å². The number of aliphatic hydroxyl groups is 1. The predicted octanol–water partition coefficient (Wildman–Crippen LogP) is 1.29. The standard InChI is InChI=1S/C11H15FN2O3/c1-2-6(5-15)14-8-4-3-7(12)10(13)9(8)11(16)17/h3-4,6,14-15H,2,5,13H2,1H3,(H,16,17). The van der Waals surface area contributed by atoms with E-state index in [1.807, 2.05) is 6.92 Å². The van der Waals surface area contributed by atoms with E-state index in [1.54, 1.807) is 0 Å². The van der Waals surface area contributed by atoms with Crippen molar-refractivity contribution in [2.45, 2.75) is 19.4 Å².